The summed E-state index contributed by atoms with van der Waals surface area (Å²) in [5.74, 6) is 0. The SMILES string of the molecule is CC(C)(C)CC(C)(C)c1ccccc1S(=O)(=O)[O-]. The van der Waals surface area contributed by atoms with Crippen LogP contribution in [0.2, 0.25) is 0 Å². The Hall–Kier alpha value is -0.870. The maximum Gasteiger partial charge on any atom is 0.124 e. The van der Waals surface area contributed by atoms with Crippen molar-refractivity contribution in [2.45, 2.75) is 51.3 Å². The third-order valence-electron chi connectivity index (χ3n) is 2.86. The lowest BCUT2D eigenvalue weighted by Crippen LogP contribution is -2.26. The second-order valence-corrected chi connectivity index (χ2v) is 7.92. The molecule has 0 N–H and O–H groups in total. The summed E-state index contributed by atoms with van der Waals surface area (Å²) < 4.78 is 33.9. The minimum absolute atomic E-state index is 0.0588. The Morgan fingerprint density at radius 2 is 1.56 bits per heavy atom. The van der Waals surface area contributed by atoms with Crippen LogP contribution in [0.4, 0.5) is 0 Å². The molecule has 0 spiro atoms. The maximum atomic E-state index is 11.3. The minimum Gasteiger partial charge on any atom is -0.744 e. The van der Waals surface area contributed by atoms with Gasteiger partial charge in [0.25, 0.3) is 0 Å². The summed E-state index contributed by atoms with van der Waals surface area (Å²) in [7, 11) is -4.42. The van der Waals surface area contributed by atoms with Crippen molar-refractivity contribution in [2.24, 2.45) is 5.41 Å². The van der Waals surface area contributed by atoms with Gasteiger partial charge in [0.1, 0.15) is 10.1 Å². The fraction of sp³-hybridized carbons (Fsp3) is 0.571. The van der Waals surface area contributed by atoms with E-state index in [-0.39, 0.29) is 15.7 Å². The molecule has 0 saturated heterocycles. The van der Waals surface area contributed by atoms with Gasteiger partial charge in [-0.15, -0.1) is 0 Å². The molecule has 0 saturated carbocycles. The fourth-order valence-corrected chi connectivity index (χ4v) is 3.52. The van der Waals surface area contributed by atoms with Crippen molar-refractivity contribution in [3.05, 3.63) is 29.8 Å². The zero-order valence-corrected chi connectivity index (χ0v) is 12.5. The molecule has 18 heavy (non-hydrogen) atoms. The van der Waals surface area contributed by atoms with Gasteiger partial charge in [0.2, 0.25) is 0 Å². The van der Waals surface area contributed by atoms with Crippen molar-refractivity contribution in [1.29, 1.82) is 0 Å². The van der Waals surface area contributed by atoms with Crippen molar-refractivity contribution in [3.63, 3.8) is 0 Å². The zero-order valence-electron chi connectivity index (χ0n) is 11.6. The van der Waals surface area contributed by atoms with Crippen LogP contribution in [0.25, 0.3) is 0 Å². The Morgan fingerprint density at radius 1 is 1.06 bits per heavy atom. The van der Waals surface area contributed by atoms with E-state index in [2.05, 4.69) is 20.8 Å². The minimum atomic E-state index is -4.42. The Labute approximate surface area is 110 Å². The summed E-state index contributed by atoms with van der Waals surface area (Å²) >= 11 is 0. The second kappa shape index (κ2) is 4.67. The first-order chi connectivity index (χ1) is 7.93. The molecular weight excluding hydrogens is 248 g/mol. The Bertz CT molecular complexity index is 522. The van der Waals surface area contributed by atoms with Crippen molar-refractivity contribution in [3.8, 4) is 0 Å². The van der Waals surface area contributed by atoms with Gasteiger partial charge < -0.3 is 4.55 Å². The lowest BCUT2D eigenvalue weighted by Gasteiger charge is -2.34. The van der Waals surface area contributed by atoms with Crippen LogP contribution in [-0.4, -0.2) is 13.0 Å². The van der Waals surface area contributed by atoms with Crippen LogP contribution < -0.4 is 0 Å². The molecule has 1 aromatic carbocycles. The summed E-state index contributed by atoms with van der Waals surface area (Å²) in [6, 6.07) is 6.48. The van der Waals surface area contributed by atoms with Crippen LogP contribution in [0, 0.1) is 5.41 Å². The number of benzene rings is 1. The van der Waals surface area contributed by atoms with E-state index in [4.69, 9.17) is 0 Å². The lowest BCUT2D eigenvalue weighted by molar-refractivity contribution is 0.280. The number of rotatable bonds is 3. The van der Waals surface area contributed by atoms with Crippen LogP contribution in [0.3, 0.4) is 0 Å². The summed E-state index contributed by atoms with van der Waals surface area (Å²) in [5.41, 5.74) is 0.310. The maximum absolute atomic E-state index is 11.3. The smallest absolute Gasteiger partial charge is 0.124 e. The summed E-state index contributed by atoms with van der Waals surface area (Å²) in [4.78, 5) is -0.0979. The first kappa shape index (κ1) is 15.2. The third-order valence-corrected chi connectivity index (χ3v) is 3.75. The highest BCUT2D eigenvalue weighted by atomic mass is 32.2. The molecule has 0 aromatic heterocycles. The molecule has 0 amide bonds. The topological polar surface area (TPSA) is 57.2 Å². The van der Waals surface area contributed by atoms with Crippen LogP contribution in [-0.2, 0) is 15.5 Å². The van der Waals surface area contributed by atoms with E-state index in [0.29, 0.717) is 5.56 Å². The number of hydrogen-bond acceptors (Lipinski definition) is 3. The van der Waals surface area contributed by atoms with E-state index in [1.54, 1.807) is 18.2 Å². The van der Waals surface area contributed by atoms with Gasteiger partial charge in [-0.05, 0) is 28.9 Å². The first-order valence-electron chi connectivity index (χ1n) is 5.99. The second-order valence-electron chi connectivity index (χ2n) is 6.57. The average molecular weight is 269 g/mol. The molecule has 0 unspecified atom stereocenters. The largest absolute Gasteiger partial charge is 0.744 e. The molecule has 0 bridgehead atoms. The number of hydrogen-bond donors (Lipinski definition) is 0. The molecule has 1 rings (SSSR count). The highest BCUT2D eigenvalue weighted by Crippen LogP contribution is 2.38. The molecule has 102 valence electrons. The van der Waals surface area contributed by atoms with Gasteiger partial charge in [0.05, 0.1) is 4.90 Å². The molecule has 0 aliphatic rings. The van der Waals surface area contributed by atoms with Gasteiger partial charge in [0, 0.05) is 0 Å². The Kier molecular flexibility index (Phi) is 3.94. The first-order valence-corrected chi connectivity index (χ1v) is 7.40. The summed E-state index contributed by atoms with van der Waals surface area (Å²) in [6.45, 7) is 10.2. The molecule has 0 atom stereocenters. The summed E-state index contributed by atoms with van der Waals surface area (Å²) in [6.07, 6.45) is 0.798. The predicted molar refractivity (Wildman–Crippen MR) is 71.5 cm³/mol. The molecule has 0 heterocycles. The van der Waals surface area contributed by atoms with E-state index in [9.17, 15) is 13.0 Å². The summed E-state index contributed by atoms with van der Waals surface area (Å²) in [5, 5.41) is 0. The van der Waals surface area contributed by atoms with Crippen molar-refractivity contribution >= 4 is 10.1 Å². The van der Waals surface area contributed by atoms with E-state index in [1.165, 1.54) is 6.07 Å². The van der Waals surface area contributed by atoms with E-state index in [1.807, 2.05) is 13.8 Å². The molecule has 4 heteroatoms. The van der Waals surface area contributed by atoms with Crippen LogP contribution in [0.15, 0.2) is 29.2 Å². The average Bonchev–Trinajstić information content (AvgIpc) is 2.12. The zero-order chi connectivity index (χ0) is 14.2. The highest BCUT2D eigenvalue weighted by molar-refractivity contribution is 7.85. The quantitative estimate of drug-likeness (QED) is 0.791. The normalized spacial score (nSPS) is 13.7. The van der Waals surface area contributed by atoms with Gasteiger partial charge >= 0.3 is 0 Å². The van der Waals surface area contributed by atoms with E-state index < -0.39 is 10.1 Å². The molecular formula is C14H21O3S-. The van der Waals surface area contributed by atoms with Gasteiger partial charge in [-0.2, -0.15) is 0 Å². The van der Waals surface area contributed by atoms with Crippen molar-refractivity contribution in [2.75, 3.05) is 0 Å². The lowest BCUT2D eigenvalue weighted by atomic mass is 9.72. The molecule has 0 fully saturated rings. The monoisotopic (exact) mass is 269 g/mol. The highest BCUT2D eigenvalue weighted by Gasteiger charge is 2.30. The Morgan fingerprint density at radius 3 is 2.00 bits per heavy atom. The van der Waals surface area contributed by atoms with Gasteiger partial charge in [-0.3, -0.25) is 0 Å². The van der Waals surface area contributed by atoms with Crippen LogP contribution in [0.5, 0.6) is 0 Å². The predicted octanol–water partition coefficient (Wildman–Crippen LogP) is 3.30. The van der Waals surface area contributed by atoms with Crippen molar-refractivity contribution in [1.82, 2.24) is 0 Å². The van der Waals surface area contributed by atoms with Gasteiger partial charge in [-0.1, -0.05) is 52.8 Å². The third kappa shape index (κ3) is 3.82. The standard InChI is InChI=1S/C14H22O3S/c1-13(2,3)10-14(4,5)11-8-6-7-9-12(11)18(15,16)17/h6-9H,10H2,1-5H3,(H,15,16,17)/p-1. The Balaban J connectivity index is 3.34. The van der Waals surface area contributed by atoms with Gasteiger partial charge in [0.15, 0.2) is 0 Å². The molecule has 0 aliphatic carbocycles. The van der Waals surface area contributed by atoms with E-state index >= 15 is 0 Å². The molecule has 0 aliphatic heterocycles. The fourth-order valence-electron chi connectivity index (χ4n) is 2.66. The van der Waals surface area contributed by atoms with Crippen molar-refractivity contribution < 1.29 is 13.0 Å². The van der Waals surface area contributed by atoms with Crippen LogP contribution >= 0.6 is 0 Å². The van der Waals surface area contributed by atoms with E-state index in [0.717, 1.165) is 6.42 Å². The van der Waals surface area contributed by atoms with Gasteiger partial charge in [-0.25, -0.2) is 8.42 Å². The molecule has 1 aromatic rings. The molecule has 3 nitrogen and oxygen atoms in total. The molecule has 0 radical (unpaired) electrons. The van der Waals surface area contributed by atoms with Crippen LogP contribution in [0.1, 0.15) is 46.6 Å².